The van der Waals surface area contributed by atoms with Crippen LogP contribution in [0.2, 0.25) is 0 Å². The molecule has 2 rings (SSSR count). The normalized spacial score (nSPS) is 15.0. The van der Waals surface area contributed by atoms with Crippen LogP contribution in [0, 0.1) is 0 Å². The van der Waals surface area contributed by atoms with Crippen LogP contribution in [0.5, 0.6) is 0 Å². The van der Waals surface area contributed by atoms with Crippen molar-refractivity contribution in [3.8, 4) is 0 Å². The Kier molecular flexibility index (Phi) is 5.03. The van der Waals surface area contributed by atoms with Crippen LogP contribution in [0.25, 0.3) is 0 Å². The van der Waals surface area contributed by atoms with E-state index in [1.807, 2.05) is 0 Å². The van der Waals surface area contributed by atoms with Crippen molar-refractivity contribution in [1.29, 1.82) is 0 Å². The molecule has 0 saturated heterocycles. The lowest BCUT2D eigenvalue weighted by Crippen LogP contribution is -2.37. The number of fused-ring (bicyclic) bond motifs is 1. The van der Waals surface area contributed by atoms with Crippen LogP contribution in [-0.4, -0.2) is 49.8 Å². The lowest BCUT2D eigenvalue weighted by Gasteiger charge is -2.32. The Labute approximate surface area is 118 Å². The van der Waals surface area contributed by atoms with Crippen LogP contribution in [0.1, 0.15) is 12.0 Å². The minimum Gasteiger partial charge on any atom is -0.395 e. The van der Waals surface area contributed by atoms with E-state index in [1.54, 1.807) is 0 Å². The van der Waals surface area contributed by atoms with Gasteiger partial charge in [-0.2, -0.15) is 0 Å². The van der Waals surface area contributed by atoms with Crippen molar-refractivity contribution in [3.63, 3.8) is 0 Å². The molecule has 3 nitrogen and oxygen atoms in total. The molecule has 0 bridgehead atoms. The number of hydrogen-bond donors (Lipinski definition) is 1. The highest BCUT2D eigenvalue weighted by Crippen LogP contribution is 2.29. The van der Waals surface area contributed by atoms with Gasteiger partial charge in [-0.15, -0.1) is 0 Å². The van der Waals surface area contributed by atoms with Crippen LogP contribution in [0.4, 0.5) is 5.69 Å². The second kappa shape index (κ2) is 6.55. The Balaban J connectivity index is 1.99. The summed E-state index contributed by atoms with van der Waals surface area (Å²) >= 11 is 3.54. The van der Waals surface area contributed by atoms with Gasteiger partial charge in [0.1, 0.15) is 0 Å². The predicted molar refractivity (Wildman–Crippen MR) is 79.3 cm³/mol. The van der Waals surface area contributed by atoms with E-state index in [0.717, 1.165) is 26.2 Å². The van der Waals surface area contributed by atoms with Crippen molar-refractivity contribution < 1.29 is 5.11 Å². The molecule has 1 aliphatic rings. The van der Waals surface area contributed by atoms with Gasteiger partial charge in [-0.25, -0.2) is 0 Å². The van der Waals surface area contributed by atoms with Gasteiger partial charge in [0.15, 0.2) is 0 Å². The molecule has 100 valence electrons. The van der Waals surface area contributed by atoms with E-state index in [9.17, 15) is 0 Å². The molecular weight excluding hydrogens is 292 g/mol. The summed E-state index contributed by atoms with van der Waals surface area (Å²) in [5.41, 5.74) is 2.82. The van der Waals surface area contributed by atoms with Crippen molar-refractivity contribution >= 4 is 21.6 Å². The van der Waals surface area contributed by atoms with E-state index in [2.05, 4.69) is 51.0 Å². The van der Waals surface area contributed by atoms with Gasteiger partial charge in [0.05, 0.1) is 6.61 Å². The average Bonchev–Trinajstić information content (AvgIpc) is 2.36. The summed E-state index contributed by atoms with van der Waals surface area (Å²) in [5, 5.41) is 8.90. The fourth-order valence-corrected chi connectivity index (χ4v) is 2.86. The molecule has 1 heterocycles. The molecule has 1 aliphatic heterocycles. The van der Waals surface area contributed by atoms with Crippen LogP contribution in [-0.2, 0) is 6.42 Å². The number of nitrogens with zero attached hydrogens (tertiary/aromatic N) is 2. The minimum absolute atomic E-state index is 0.236. The van der Waals surface area contributed by atoms with Crippen molar-refractivity contribution in [3.05, 3.63) is 28.2 Å². The standard InChI is InChI=1S/C14H21BrN2O/c1-16(9-10-18)7-8-17-6-2-3-12-11-13(15)4-5-14(12)17/h4-5,11,18H,2-3,6-10H2,1H3. The molecule has 0 aromatic heterocycles. The number of aliphatic hydroxyl groups excluding tert-OH is 1. The van der Waals surface area contributed by atoms with Gasteiger partial charge in [-0.3, -0.25) is 0 Å². The number of aliphatic hydroxyl groups is 1. The maximum absolute atomic E-state index is 8.90. The minimum atomic E-state index is 0.236. The predicted octanol–water partition coefficient (Wildman–Crippen LogP) is 2.13. The largest absolute Gasteiger partial charge is 0.395 e. The third-order valence-electron chi connectivity index (χ3n) is 3.49. The average molecular weight is 313 g/mol. The van der Waals surface area contributed by atoms with Crippen LogP contribution >= 0.6 is 15.9 Å². The molecule has 0 unspecified atom stereocenters. The summed E-state index contributed by atoms with van der Waals surface area (Å²) in [6.45, 7) is 4.16. The van der Waals surface area contributed by atoms with Crippen molar-refractivity contribution in [2.45, 2.75) is 12.8 Å². The second-order valence-electron chi connectivity index (χ2n) is 4.89. The number of halogens is 1. The molecule has 1 aromatic rings. The maximum atomic E-state index is 8.90. The summed E-state index contributed by atoms with van der Waals surface area (Å²) in [4.78, 5) is 4.63. The van der Waals surface area contributed by atoms with E-state index in [0.29, 0.717) is 0 Å². The SMILES string of the molecule is CN(CCO)CCN1CCCc2cc(Br)ccc21. The molecule has 1 aromatic carbocycles. The number of anilines is 1. The molecule has 0 amide bonds. The molecule has 0 fully saturated rings. The first-order valence-electron chi connectivity index (χ1n) is 6.53. The van der Waals surface area contributed by atoms with E-state index < -0.39 is 0 Å². The molecule has 4 heteroatoms. The van der Waals surface area contributed by atoms with Crippen molar-refractivity contribution in [2.24, 2.45) is 0 Å². The maximum Gasteiger partial charge on any atom is 0.0558 e. The Bertz CT molecular complexity index is 397. The second-order valence-corrected chi connectivity index (χ2v) is 5.81. The molecule has 0 aliphatic carbocycles. The van der Waals surface area contributed by atoms with Gasteiger partial charge < -0.3 is 14.9 Å². The molecule has 18 heavy (non-hydrogen) atoms. The number of likely N-dealkylation sites (N-methyl/N-ethyl adjacent to an activating group) is 1. The lowest BCUT2D eigenvalue weighted by molar-refractivity contribution is 0.223. The van der Waals surface area contributed by atoms with Crippen LogP contribution in [0.3, 0.4) is 0 Å². The number of benzene rings is 1. The molecule has 1 N–H and O–H groups in total. The Morgan fingerprint density at radius 1 is 1.39 bits per heavy atom. The molecule has 0 radical (unpaired) electrons. The third-order valence-corrected chi connectivity index (χ3v) is 3.98. The van der Waals surface area contributed by atoms with Crippen LogP contribution < -0.4 is 4.90 Å². The quantitative estimate of drug-likeness (QED) is 0.902. The number of aryl methyl sites for hydroxylation is 1. The molecule has 0 spiro atoms. The highest BCUT2D eigenvalue weighted by Gasteiger charge is 2.16. The van der Waals surface area contributed by atoms with Crippen LogP contribution in [0.15, 0.2) is 22.7 Å². The Morgan fingerprint density at radius 2 is 2.22 bits per heavy atom. The topological polar surface area (TPSA) is 26.7 Å². The van der Waals surface area contributed by atoms with E-state index in [4.69, 9.17) is 5.11 Å². The summed E-state index contributed by atoms with van der Waals surface area (Å²) in [6, 6.07) is 6.57. The van der Waals surface area contributed by atoms with Gasteiger partial charge >= 0.3 is 0 Å². The first-order chi connectivity index (χ1) is 8.70. The molecular formula is C14H21BrN2O. The number of rotatable bonds is 5. The zero-order chi connectivity index (χ0) is 13.0. The van der Waals surface area contributed by atoms with E-state index >= 15 is 0 Å². The highest BCUT2D eigenvalue weighted by molar-refractivity contribution is 9.10. The first kappa shape index (κ1) is 13.8. The van der Waals surface area contributed by atoms with Gasteiger partial charge in [0, 0.05) is 36.3 Å². The third kappa shape index (κ3) is 3.46. The van der Waals surface area contributed by atoms with Gasteiger partial charge in [-0.1, -0.05) is 15.9 Å². The Hall–Kier alpha value is -0.580. The summed E-state index contributed by atoms with van der Waals surface area (Å²) in [5.74, 6) is 0. The Morgan fingerprint density at radius 3 is 3.00 bits per heavy atom. The first-order valence-corrected chi connectivity index (χ1v) is 7.33. The fourth-order valence-electron chi connectivity index (χ4n) is 2.45. The van der Waals surface area contributed by atoms with Crippen molar-refractivity contribution in [2.75, 3.05) is 44.7 Å². The summed E-state index contributed by atoms with van der Waals surface area (Å²) in [7, 11) is 2.06. The molecule has 0 saturated carbocycles. The van der Waals surface area contributed by atoms with Gasteiger partial charge in [0.2, 0.25) is 0 Å². The lowest BCUT2D eigenvalue weighted by atomic mass is 10.0. The van der Waals surface area contributed by atoms with E-state index in [-0.39, 0.29) is 6.61 Å². The fraction of sp³-hybridized carbons (Fsp3) is 0.571. The van der Waals surface area contributed by atoms with Crippen molar-refractivity contribution in [1.82, 2.24) is 4.90 Å². The summed E-state index contributed by atoms with van der Waals surface area (Å²) in [6.07, 6.45) is 2.41. The highest BCUT2D eigenvalue weighted by atomic mass is 79.9. The number of hydrogen-bond acceptors (Lipinski definition) is 3. The summed E-state index contributed by atoms with van der Waals surface area (Å²) < 4.78 is 1.17. The van der Waals surface area contributed by atoms with E-state index in [1.165, 1.54) is 28.6 Å². The molecule has 0 atom stereocenters. The smallest absolute Gasteiger partial charge is 0.0558 e. The zero-order valence-electron chi connectivity index (χ0n) is 10.9. The zero-order valence-corrected chi connectivity index (χ0v) is 12.5. The monoisotopic (exact) mass is 312 g/mol. The van der Waals surface area contributed by atoms with Gasteiger partial charge in [0.25, 0.3) is 0 Å². The van der Waals surface area contributed by atoms with Gasteiger partial charge in [-0.05, 0) is 43.7 Å².